The zero-order chi connectivity index (χ0) is 16.1. The van der Waals surface area contributed by atoms with Gasteiger partial charge in [-0.15, -0.1) is 0 Å². The number of ether oxygens (including phenoxy) is 2. The topological polar surface area (TPSA) is 38.8 Å². The molecule has 2 fully saturated rings. The fraction of sp³-hybridized carbons (Fsp3) is 0.632. The minimum Gasteiger partial charge on any atom is -0.490 e. The first-order valence-corrected chi connectivity index (χ1v) is 8.90. The van der Waals surface area contributed by atoms with E-state index in [1.807, 2.05) is 36.1 Å². The maximum absolute atomic E-state index is 13.0. The Morgan fingerprint density at radius 1 is 1.26 bits per heavy atom. The molecule has 1 aromatic rings. The molecule has 0 aromatic heterocycles. The van der Waals surface area contributed by atoms with E-state index in [0.717, 1.165) is 44.8 Å². The van der Waals surface area contributed by atoms with Crippen molar-refractivity contribution in [2.75, 3.05) is 26.3 Å². The first-order chi connectivity index (χ1) is 11.3. The Labute approximate surface area is 138 Å². The Morgan fingerprint density at radius 2 is 2.04 bits per heavy atom. The van der Waals surface area contributed by atoms with Crippen molar-refractivity contribution in [1.82, 2.24) is 4.90 Å². The van der Waals surface area contributed by atoms with Crippen LogP contribution in [0.1, 0.15) is 49.4 Å². The molecule has 1 amide bonds. The fourth-order valence-corrected chi connectivity index (χ4v) is 3.50. The largest absolute Gasteiger partial charge is 0.490 e. The van der Waals surface area contributed by atoms with Gasteiger partial charge in [0.1, 0.15) is 5.75 Å². The molecule has 126 valence electrons. The summed E-state index contributed by atoms with van der Waals surface area (Å²) in [4.78, 5) is 14.9. The van der Waals surface area contributed by atoms with Crippen molar-refractivity contribution in [3.8, 4) is 5.75 Å². The van der Waals surface area contributed by atoms with Gasteiger partial charge < -0.3 is 14.4 Å². The van der Waals surface area contributed by atoms with Crippen molar-refractivity contribution >= 4 is 5.91 Å². The molecule has 1 aliphatic carbocycles. The van der Waals surface area contributed by atoms with Crippen molar-refractivity contribution in [2.45, 2.75) is 45.1 Å². The average Bonchev–Trinajstić information content (AvgIpc) is 3.26. The third kappa shape index (κ3) is 4.05. The van der Waals surface area contributed by atoms with Crippen molar-refractivity contribution in [3.05, 3.63) is 29.8 Å². The van der Waals surface area contributed by atoms with Crippen LogP contribution in [0.25, 0.3) is 0 Å². The van der Waals surface area contributed by atoms with Gasteiger partial charge in [-0.2, -0.15) is 0 Å². The number of hydrogen-bond acceptors (Lipinski definition) is 3. The van der Waals surface area contributed by atoms with E-state index in [4.69, 9.17) is 9.47 Å². The van der Waals surface area contributed by atoms with Gasteiger partial charge in [0.2, 0.25) is 0 Å². The van der Waals surface area contributed by atoms with Gasteiger partial charge in [0, 0.05) is 25.6 Å². The van der Waals surface area contributed by atoms with E-state index < -0.39 is 0 Å². The third-order valence-electron chi connectivity index (χ3n) is 4.88. The molecule has 3 rings (SSSR count). The van der Waals surface area contributed by atoms with Crippen LogP contribution in [0.2, 0.25) is 0 Å². The summed E-state index contributed by atoms with van der Waals surface area (Å²) in [5, 5.41) is 0. The van der Waals surface area contributed by atoms with Crippen LogP contribution in [-0.4, -0.2) is 43.2 Å². The van der Waals surface area contributed by atoms with Gasteiger partial charge in [0.15, 0.2) is 0 Å². The van der Waals surface area contributed by atoms with E-state index in [2.05, 4.69) is 0 Å². The number of hydrogen-bond donors (Lipinski definition) is 0. The molecule has 1 saturated heterocycles. The van der Waals surface area contributed by atoms with Crippen LogP contribution < -0.4 is 4.74 Å². The van der Waals surface area contributed by atoms with Gasteiger partial charge in [-0.25, -0.2) is 0 Å². The van der Waals surface area contributed by atoms with Crippen LogP contribution in [0.15, 0.2) is 24.3 Å². The summed E-state index contributed by atoms with van der Waals surface area (Å²) >= 11 is 0. The summed E-state index contributed by atoms with van der Waals surface area (Å²) < 4.78 is 11.6. The summed E-state index contributed by atoms with van der Waals surface area (Å²) in [5.74, 6) is 1.28. The molecular formula is C19H27NO3. The highest BCUT2D eigenvalue weighted by Crippen LogP contribution is 2.27. The summed E-state index contributed by atoms with van der Waals surface area (Å²) in [6, 6.07) is 7.68. The van der Waals surface area contributed by atoms with Gasteiger partial charge in [0.05, 0.1) is 18.3 Å². The van der Waals surface area contributed by atoms with Crippen molar-refractivity contribution in [2.24, 2.45) is 5.92 Å². The summed E-state index contributed by atoms with van der Waals surface area (Å²) in [7, 11) is 0. The molecule has 0 bridgehead atoms. The number of rotatable bonds is 6. The predicted octanol–water partition coefficient (Wildman–Crippen LogP) is 3.51. The Morgan fingerprint density at radius 3 is 2.74 bits per heavy atom. The zero-order valence-corrected chi connectivity index (χ0v) is 14.0. The molecule has 2 aliphatic rings. The van der Waals surface area contributed by atoms with Crippen LogP contribution in [0.4, 0.5) is 0 Å². The van der Waals surface area contributed by atoms with Crippen molar-refractivity contribution in [3.63, 3.8) is 0 Å². The first-order valence-electron chi connectivity index (χ1n) is 8.90. The summed E-state index contributed by atoms with van der Waals surface area (Å²) in [6.07, 6.45) is 5.96. The monoisotopic (exact) mass is 317 g/mol. The Kier molecular flexibility index (Phi) is 5.55. The van der Waals surface area contributed by atoms with E-state index in [1.165, 1.54) is 12.8 Å². The van der Waals surface area contributed by atoms with Crippen LogP contribution in [-0.2, 0) is 4.74 Å². The van der Waals surface area contributed by atoms with Crippen LogP contribution in [0.3, 0.4) is 0 Å². The van der Waals surface area contributed by atoms with Crippen molar-refractivity contribution in [1.29, 1.82) is 0 Å². The molecule has 4 nitrogen and oxygen atoms in total. The number of nitrogens with zero attached hydrogens (tertiary/aromatic N) is 1. The summed E-state index contributed by atoms with van der Waals surface area (Å²) in [6.45, 7) is 5.11. The average molecular weight is 317 g/mol. The molecule has 0 N–H and O–H groups in total. The number of carbonyl (C=O) groups is 1. The number of carbonyl (C=O) groups excluding carboxylic acids is 1. The molecule has 4 heteroatoms. The normalized spacial score (nSPS) is 21.5. The molecular weight excluding hydrogens is 290 g/mol. The molecule has 1 saturated carbocycles. The highest BCUT2D eigenvalue weighted by atomic mass is 16.5. The van der Waals surface area contributed by atoms with Crippen molar-refractivity contribution < 1.29 is 14.3 Å². The molecule has 23 heavy (non-hydrogen) atoms. The SMILES string of the molecule is CCN(CC1CCOC1)C(=O)c1ccccc1OC1CCCC1. The minimum absolute atomic E-state index is 0.0768. The van der Waals surface area contributed by atoms with E-state index in [1.54, 1.807) is 0 Å². The molecule has 1 aliphatic heterocycles. The highest BCUT2D eigenvalue weighted by molar-refractivity contribution is 5.97. The maximum Gasteiger partial charge on any atom is 0.257 e. The van der Waals surface area contributed by atoms with Crippen LogP contribution in [0, 0.1) is 5.92 Å². The van der Waals surface area contributed by atoms with Crippen LogP contribution in [0.5, 0.6) is 5.75 Å². The van der Waals surface area contributed by atoms with E-state index >= 15 is 0 Å². The van der Waals surface area contributed by atoms with Gasteiger partial charge in [-0.3, -0.25) is 4.79 Å². The maximum atomic E-state index is 13.0. The summed E-state index contributed by atoms with van der Waals surface area (Å²) in [5.41, 5.74) is 0.695. The molecule has 1 atom stereocenters. The molecule has 1 heterocycles. The third-order valence-corrected chi connectivity index (χ3v) is 4.88. The second kappa shape index (κ2) is 7.82. The minimum atomic E-state index is 0.0768. The molecule has 1 unspecified atom stereocenters. The Hall–Kier alpha value is -1.55. The lowest BCUT2D eigenvalue weighted by Gasteiger charge is -2.25. The second-order valence-electron chi connectivity index (χ2n) is 6.59. The smallest absolute Gasteiger partial charge is 0.257 e. The Balaban J connectivity index is 1.71. The van der Waals surface area contributed by atoms with Gasteiger partial charge >= 0.3 is 0 Å². The van der Waals surface area contributed by atoms with Gasteiger partial charge in [-0.05, 0) is 51.2 Å². The lowest BCUT2D eigenvalue weighted by molar-refractivity contribution is 0.0723. The van der Waals surface area contributed by atoms with E-state index in [-0.39, 0.29) is 12.0 Å². The standard InChI is InChI=1S/C19H27NO3/c1-2-20(13-15-11-12-22-14-15)19(21)17-9-5-6-10-18(17)23-16-7-3-4-8-16/h5-6,9-10,15-16H,2-4,7-8,11-14H2,1H3. The number of amides is 1. The lowest BCUT2D eigenvalue weighted by atomic mass is 10.1. The van der Waals surface area contributed by atoms with Crippen LogP contribution >= 0.6 is 0 Å². The number of para-hydroxylation sites is 1. The van der Waals surface area contributed by atoms with Gasteiger partial charge in [-0.1, -0.05) is 12.1 Å². The predicted molar refractivity (Wildman–Crippen MR) is 89.8 cm³/mol. The molecule has 0 radical (unpaired) electrons. The molecule has 0 spiro atoms. The Bertz CT molecular complexity index is 519. The number of benzene rings is 1. The second-order valence-corrected chi connectivity index (χ2v) is 6.59. The quantitative estimate of drug-likeness (QED) is 0.806. The van der Waals surface area contributed by atoms with Gasteiger partial charge in [0.25, 0.3) is 5.91 Å². The lowest BCUT2D eigenvalue weighted by Crippen LogP contribution is -2.35. The molecule has 1 aromatic carbocycles. The fourth-order valence-electron chi connectivity index (χ4n) is 3.50. The first kappa shape index (κ1) is 16.3. The zero-order valence-electron chi connectivity index (χ0n) is 14.0. The highest BCUT2D eigenvalue weighted by Gasteiger charge is 2.25. The van der Waals surface area contributed by atoms with E-state index in [0.29, 0.717) is 18.0 Å². The van der Waals surface area contributed by atoms with E-state index in [9.17, 15) is 4.79 Å².